The lowest BCUT2D eigenvalue weighted by Gasteiger charge is -2.09. The molecular formula is C9H12N2O2. The first-order valence-corrected chi connectivity index (χ1v) is 3.98. The van der Waals surface area contributed by atoms with Gasteiger partial charge in [-0.3, -0.25) is 0 Å². The van der Waals surface area contributed by atoms with E-state index in [4.69, 9.17) is 16.6 Å². The monoisotopic (exact) mass is 180 g/mol. The van der Waals surface area contributed by atoms with Crippen LogP contribution in [0.1, 0.15) is 22.8 Å². The number of carboxylic acids is 1. The number of carbonyl (C=O) groups is 1. The first kappa shape index (κ1) is 9.38. The Kier molecular flexibility index (Phi) is 2.41. The van der Waals surface area contributed by atoms with Gasteiger partial charge >= 0.3 is 5.97 Å². The van der Waals surface area contributed by atoms with E-state index in [9.17, 15) is 4.79 Å². The zero-order chi connectivity index (χ0) is 10.0. The summed E-state index contributed by atoms with van der Waals surface area (Å²) in [6.07, 6.45) is 0.638. The molecule has 0 radical (unpaired) electrons. The van der Waals surface area contributed by atoms with Gasteiger partial charge in [0.25, 0.3) is 0 Å². The molecule has 5 N–H and O–H groups in total. The van der Waals surface area contributed by atoms with Crippen LogP contribution in [-0.2, 0) is 6.42 Å². The molecule has 0 saturated heterocycles. The van der Waals surface area contributed by atoms with Crippen molar-refractivity contribution in [2.75, 3.05) is 11.5 Å². The van der Waals surface area contributed by atoms with E-state index in [1.807, 2.05) is 6.92 Å². The third kappa shape index (κ3) is 1.56. The highest BCUT2D eigenvalue weighted by atomic mass is 16.4. The zero-order valence-corrected chi connectivity index (χ0v) is 7.37. The summed E-state index contributed by atoms with van der Waals surface area (Å²) in [4.78, 5) is 10.7. The summed E-state index contributed by atoms with van der Waals surface area (Å²) >= 11 is 0. The average Bonchev–Trinajstić information content (AvgIpc) is 2.04. The Morgan fingerprint density at radius 3 is 2.54 bits per heavy atom. The second-order valence-electron chi connectivity index (χ2n) is 2.75. The predicted molar refractivity (Wildman–Crippen MR) is 51.6 cm³/mol. The molecule has 0 aliphatic heterocycles. The summed E-state index contributed by atoms with van der Waals surface area (Å²) in [5.41, 5.74) is 12.9. The van der Waals surface area contributed by atoms with Crippen LogP contribution in [0, 0.1) is 0 Å². The zero-order valence-electron chi connectivity index (χ0n) is 7.37. The molecule has 0 unspecified atom stereocenters. The number of benzene rings is 1. The van der Waals surface area contributed by atoms with Crippen molar-refractivity contribution in [3.63, 3.8) is 0 Å². The Hall–Kier alpha value is -1.71. The molecule has 0 saturated carbocycles. The van der Waals surface area contributed by atoms with Gasteiger partial charge in [-0.15, -0.1) is 0 Å². The SMILES string of the molecule is CCc1c(N)ccc(C(=O)O)c1N. The lowest BCUT2D eigenvalue weighted by atomic mass is 10.0. The van der Waals surface area contributed by atoms with Crippen LogP contribution in [0.15, 0.2) is 12.1 Å². The first-order chi connectivity index (χ1) is 6.07. The third-order valence-electron chi connectivity index (χ3n) is 1.98. The van der Waals surface area contributed by atoms with Crippen molar-refractivity contribution in [1.29, 1.82) is 0 Å². The van der Waals surface area contributed by atoms with Crippen molar-refractivity contribution in [2.45, 2.75) is 13.3 Å². The number of hydrogen-bond acceptors (Lipinski definition) is 3. The molecule has 0 spiro atoms. The van der Waals surface area contributed by atoms with Crippen molar-refractivity contribution < 1.29 is 9.90 Å². The Bertz CT molecular complexity index is 348. The summed E-state index contributed by atoms with van der Waals surface area (Å²) in [5, 5.41) is 8.76. The largest absolute Gasteiger partial charge is 0.478 e. The summed E-state index contributed by atoms with van der Waals surface area (Å²) in [5.74, 6) is -1.02. The van der Waals surface area contributed by atoms with E-state index in [2.05, 4.69) is 0 Å². The molecule has 4 heteroatoms. The molecule has 13 heavy (non-hydrogen) atoms. The van der Waals surface area contributed by atoms with Crippen LogP contribution in [-0.4, -0.2) is 11.1 Å². The smallest absolute Gasteiger partial charge is 0.337 e. The van der Waals surface area contributed by atoms with Gasteiger partial charge in [0.15, 0.2) is 0 Å². The number of anilines is 2. The Labute approximate surface area is 76.2 Å². The van der Waals surface area contributed by atoms with Gasteiger partial charge in [-0.25, -0.2) is 4.79 Å². The van der Waals surface area contributed by atoms with Crippen LogP contribution in [0.4, 0.5) is 11.4 Å². The van der Waals surface area contributed by atoms with Gasteiger partial charge in [-0.05, 0) is 24.1 Å². The molecule has 70 valence electrons. The maximum Gasteiger partial charge on any atom is 0.337 e. The summed E-state index contributed by atoms with van der Waals surface area (Å²) < 4.78 is 0. The topological polar surface area (TPSA) is 89.3 Å². The Morgan fingerprint density at radius 2 is 2.08 bits per heavy atom. The number of carboxylic acid groups (broad SMARTS) is 1. The minimum absolute atomic E-state index is 0.117. The van der Waals surface area contributed by atoms with E-state index in [1.54, 1.807) is 6.07 Å². The average molecular weight is 180 g/mol. The quantitative estimate of drug-likeness (QED) is 0.595. The highest BCUT2D eigenvalue weighted by Gasteiger charge is 2.12. The normalized spacial score (nSPS) is 9.92. The number of nitrogens with two attached hydrogens (primary N) is 2. The van der Waals surface area contributed by atoms with E-state index in [-0.39, 0.29) is 11.3 Å². The van der Waals surface area contributed by atoms with Gasteiger partial charge < -0.3 is 16.6 Å². The molecule has 0 fully saturated rings. The molecule has 0 bridgehead atoms. The molecular weight excluding hydrogens is 168 g/mol. The van der Waals surface area contributed by atoms with Gasteiger partial charge in [0, 0.05) is 5.69 Å². The molecule has 0 amide bonds. The first-order valence-electron chi connectivity index (χ1n) is 3.98. The molecule has 0 aliphatic rings. The minimum Gasteiger partial charge on any atom is -0.478 e. The predicted octanol–water partition coefficient (Wildman–Crippen LogP) is 1.11. The number of aromatic carboxylic acids is 1. The van der Waals surface area contributed by atoms with E-state index < -0.39 is 5.97 Å². The summed E-state index contributed by atoms with van der Waals surface area (Å²) in [6, 6.07) is 2.99. The summed E-state index contributed by atoms with van der Waals surface area (Å²) in [7, 11) is 0. The van der Waals surface area contributed by atoms with Crippen molar-refractivity contribution >= 4 is 17.3 Å². The molecule has 0 atom stereocenters. The fourth-order valence-electron chi connectivity index (χ4n) is 1.26. The van der Waals surface area contributed by atoms with Gasteiger partial charge in [0.2, 0.25) is 0 Å². The van der Waals surface area contributed by atoms with Crippen LogP contribution in [0.5, 0.6) is 0 Å². The minimum atomic E-state index is -1.02. The molecule has 0 aromatic heterocycles. The van der Waals surface area contributed by atoms with E-state index in [0.29, 0.717) is 17.7 Å². The van der Waals surface area contributed by atoms with Crippen molar-refractivity contribution in [3.8, 4) is 0 Å². The van der Waals surface area contributed by atoms with Crippen LogP contribution < -0.4 is 11.5 Å². The van der Waals surface area contributed by atoms with Crippen LogP contribution >= 0.6 is 0 Å². The second kappa shape index (κ2) is 3.35. The molecule has 1 aromatic rings. The van der Waals surface area contributed by atoms with Crippen molar-refractivity contribution in [2.24, 2.45) is 0 Å². The lowest BCUT2D eigenvalue weighted by molar-refractivity contribution is 0.0698. The highest BCUT2D eigenvalue weighted by Crippen LogP contribution is 2.24. The number of nitrogen functional groups attached to an aromatic ring is 2. The maximum absolute atomic E-state index is 10.7. The lowest BCUT2D eigenvalue weighted by Crippen LogP contribution is -2.07. The highest BCUT2D eigenvalue weighted by molar-refractivity contribution is 5.95. The molecule has 4 nitrogen and oxygen atoms in total. The second-order valence-corrected chi connectivity index (χ2v) is 2.75. The standard InChI is InChI=1S/C9H12N2O2/c1-2-5-7(10)4-3-6(8(5)11)9(12)13/h3-4H,2,10-11H2,1H3,(H,12,13). The van der Waals surface area contributed by atoms with E-state index >= 15 is 0 Å². The summed E-state index contributed by atoms with van der Waals surface area (Å²) in [6.45, 7) is 1.88. The van der Waals surface area contributed by atoms with Crippen molar-refractivity contribution in [3.05, 3.63) is 23.3 Å². The molecule has 1 rings (SSSR count). The Morgan fingerprint density at radius 1 is 1.46 bits per heavy atom. The van der Waals surface area contributed by atoms with E-state index in [0.717, 1.165) is 0 Å². The Balaban J connectivity index is 3.35. The molecule has 1 aromatic carbocycles. The third-order valence-corrected chi connectivity index (χ3v) is 1.98. The fraction of sp³-hybridized carbons (Fsp3) is 0.222. The maximum atomic E-state index is 10.7. The molecule has 0 aliphatic carbocycles. The van der Waals surface area contributed by atoms with Gasteiger partial charge in [0.1, 0.15) is 0 Å². The van der Waals surface area contributed by atoms with Crippen LogP contribution in [0.2, 0.25) is 0 Å². The van der Waals surface area contributed by atoms with Gasteiger partial charge in [-0.2, -0.15) is 0 Å². The van der Waals surface area contributed by atoms with Crippen LogP contribution in [0.25, 0.3) is 0 Å². The number of rotatable bonds is 2. The van der Waals surface area contributed by atoms with Crippen molar-refractivity contribution in [1.82, 2.24) is 0 Å². The van der Waals surface area contributed by atoms with Crippen LogP contribution in [0.3, 0.4) is 0 Å². The molecule has 0 heterocycles. The van der Waals surface area contributed by atoms with Gasteiger partial charge in [-0.1, -0.05) is 6.92 Å². The number of hydrogen-bond donors (Lipinski definition) is 3. The fourth-order valence-corrected chi connectivity index (χ4v) is 1.26. The van der Waals surface area contributed by atoms with E-state index in [1.165, 1.54) is 6.07 Å². The van der Waals surface area contributed by atoms with Gasteiger partial charge in [0.05, 0.1) is 11.3 Å².